The summed E-state index contributed by atoms with van der Waals surface area (Å²) >= 11 is 0. The van der Waals surface area contributed by atoms with Crippen LogP contribution in [-0.4, -0.2) is 195 Å². The molecular weight excluding hydrogens is 1190 g/mol. The van der Waals surface area contributed by atoms with Gasteiger partial charge < -0.3 is 34.7 Å². The second kappa shape index (κ2) is 31.5. The summed E-state index contributed by atoms with van der Waals surface area (Å²) in [7, 11) is 14.4. The van der Waals surface area contributed by atoms with E-state index < -0.39 is 75.1 Å². The van der Waals surface area contributed by atoms with Crippen LogP contribution in [-0.2, 0) is 61.4 Å². The number of amides is 2. The number of guanidine groups is 2. The maximum Gasteiger partial charge on any atom is 0.416 e. The average Bonchev–Trinajstić information content (AvgIpc) is 1.55. The van der Waals surface area contributed by atoms with Crippen molar-refractivity contribution in [3.05, 3.63) is 142 Å². The Kier molecular flexibility index (Phi) is 26.4. The third-order valence-electron chi connectivity index (χ3n) is 14.6. The Morgan fingerprint density at radius 1 is 0.552 bits per heavy atom. The number of hydrogen-bond acceptors (Lipinski definition) is 9. The normalized spacial score (nSPS) is 15.9. The van der Waals surface area contributed by atoms with Gasteiger partial charge in [0.05, 0.1) is 28.5 Å². The van der Waals surface area contributed by atoms with Crippen LogP contribution in [0.1, 0.15) is 82.3 Å². The molecule has 2 aliphatic heterocycles. The molecule has 2 heterocycles. The highest BCUT2D eigenvalue weighted by Gasteiger charge is 2.40. The predicted octanol–water partition coefficient (Wildman–Crippen LogP) is 10.1. The van der Waals surface area contributed by atoms with Crippen molar-refractivity contribution in [1.29, 1.82) is 0 Å². The lowest BCUT2D eigenvalue weighted by molar-refractivity contribution is -0.144. The van der Waals surface area contributed by atoms with E-state index >= 15 is 0 Å². The van der Waals surface area contributed by atoms with Crippen molar-refractivity contribution in [2.24, 2.45) is 9.98 Å². The van der Waals surface area contributed by atoms with Gasteiger partial charge in [0.1, 0.15) is 6.04 Å². The predicted molar refractivity (Wildman–Crippen MR) is 310 cm³/mol. The number of piperidine rings is 2. The first-order chi connectivity index (χ1) is 40.4. The van der Waals surface area contributed by atoms with Gasteiger partial charge in [-0.1, -0.05) is 60.7 Å². The molecular formula is C59H78F12N10O5S. The van der Waals surface area contributed by atoms with Crippen LogP contribution in [0.3, 0.4) is 0 Å². The number of carbonyl (C=O) groups is 2. The van der Waals surface area contributed by atoms with Crippen molar-refractivity contribution in [2.45, 2.75) is 87.5 Å². The number of alkyl halides is 12. The Hall–Kier alpha value is -6.65. The minimum atomic E-state index is -4.99. The summed E-state index contributed by atoms with van der Waals surface area (Å²) in [5.74, 6) is 0.818. The van der Waals surface area contributed by atoms with E-state index in [0.29, 0.717) is 43.4 Å². The molecule has 0 saturated carbocycles. The molecule has 1 N–H and O–H groups in total. The molecule has 28 heteroatoms. The monoisotopic (exact) mass is 1270 g/mol. The topological polar surface area (TPSA) is 137 Å². The van der Waals surface area contributed by atoms with Crippen LogP contribution >= 0.6 is 0 Å². The largest absolute Gasteiger partial charge is 0.416 e. The summed E-state index contributed by atoms with van der Waals surface area (Å²) < 4.78 is 186. The highest BCUT2D eigenvalue weighted by molar-refractivity contribution is 7.86. The van der Waals surface area contributed by atoms with E-state index in [1.807, 2.05) is 77.5 Å². The lowest BCUT2D eigenvalue weighted by atomic mass is 9.97. The zero-order valence-corrected chi connectivity index (χ0v) is 51.4. The molecule has 6 rings (SSSR count). The van der Waals surface area contributed by atoms with Crippen molar-refractivity contribution in [3.8, 4) is 0 Å². The Bertz CT molecular complexity index is 2940. The van der Waals surface area contributed by atoms with Gasteiger partial charge >= 0.3 is 24.7 Å². The zero-order valence-electron chi connectivity index (χ0n) is 50.5. The quantitative estimate of drug-likeness (QED) is 0.0527. The zero-order chi connectivity index (χ0) is 65.4. The molecule has 0 spiro atoms. The summed E-state index contributed by atoms with van der Waals surface area (Å²) in [5.41, 5.74) is -5.08. The number of carbonyl (C=O) groups excluding carboxylic acids is 2. The Balaban J connectivity index is 0.000000311. The van der Waals surface area contributed by atoms with E-state index in [4.69, 9.17) is 4.18 Å². The molecule has 4 aromatic rings. The maximum absolute atomic E-state index is 13.8. The minimum absolute atomic E-state index is 0.0176. The lowest BCUT2D eigenvalue weighted by Crippen LogP contribution is -2.51. The van der Waals surface area contributed by atoms with Crippen molar-refractivity contribution >= 4 is 33.9 Å². The Morgan fingerprint density at radius 3 is 1.23 bits per heavy atom. The molecule has 0 bridgehead atoms. The van der Waals surface area contributed by atoms with Crippen LogP contribution in [0.25, 0.3) is 0 Å². The van der Waals surface area contributed by atoms with Crippen molar-refractivity contribution in [1.82, 2.24) is 39.6 Å². The van der Waals surface area contributed by atoms with Crippen molar-refractivity contribution in [2.75, 3.05) is 116 Å². The molecule has 87 heavy (non-hydrogen) atoms. The standard InChI is InChI=1S/C29H37F6N5O.C20H19F6NO4S.C10H22N4/c1-36-27(37(2)3)39(5)24-12-15-40(16-13-24)25(21-9-7-6-8-10-21)26(41)38(4)14-11-20-17-22(28(30,31)32)19-23(18-20)29(33,34)35;1-27(18(28)17(31-32(2,29)30)14-6-4-3-5-7-14)9-8-13-10-15(19(21,22)23)12-16(11-13)20(24,25)26;1-11-10(13(2)3)14(4)9-5-7-12-8-6-9/h6-10,17-19,24-25H,11-16H2,1-5H3;3-7,10-12,17H,8-9H2,1-2H3;9,12H,5-8H2,1-4H3/t25-;17-;/m01./s1. The second-order valence-corrected chi connectivity index (χ2v) is 23.2. The number of nitrogens with zero attached hydrogens (tertiary/aromatic N) is 9. The number of nitrogens with one attached hydrogen (secondary N) is 1. The molecule has 0 radical (unpaired) electrons. The van der Waals surface area contributed by atoms with E-state index in [0.717, 1.165) is 54.6 Å². The number of benzene rings is 4. The van der Waals surface area contributed by atoms with Crippen LogP contribution in [0.2, 0.25) is 0 Å². The molecule has 2 fully saturated rings. The third kappa shape index (κ3) is 22.2. The van der Waals surface area contributed by atoms with E-state index in [-0.39, 0.29) is 66.7 Å². The van der Waals surface area contributed by atoms with E-state index in [2.05, 4.69) is 41.9 Å². The van der Waals surface area contributed by atoms with E-state index in [9.17, 15) is 70.7 Å². The fourth-order valence-corrected chi connectivity index (χ4v) is 10.7. The number of hydrogen-bond donors (Lipinski definition) is 1. The summed E-state index contributed by atoms with van der Waals surface area (Å²) in [6.45, 7) is 3.17. The maximum atomic E-state index is 13.8. The summed E-state index contributed by atoms with van der Waals surface area (Å²) in [4.78, 5) is 48.1. The first-order valence-corrected chi connectivity index (χ1v) is 29.4. The molecule has 2 amide bonds. The number of likely N-dealkylation sites (tertiary alicyclic amines) is 1. The van der Waals surface area contributed by atoms with E-state index in [1.54, 1.807) is 25.2 Å². The minimum Gasteiger partial charge on any atom is -0.349 e. The van der Waals surface area contributed by atoms with Crippen molar-refractivity contribution in [3.63, 3.8) is 0 Å². The number of aliphatic imine (C=N–C) groups is 2. The molecule has 0 unspecified atom stereocenters. The Morgan fingerprint density at radius 2 is 0.897 bits per heavy atom. The van der Waals surface area contributed by atoms with Gasteiger partial charge in [0.2, 0.25) is 5.91 Å². The van der Waals surface area contributed by atoms with Gasteiger partial charge in [0.15, 0.2) is 18.0 Å². The molecule has 2 atom stereocenters. The fraction of sp³-hybridized carbons (Fsp3) is 0.525. The van der Waals surface area contributed by atoms with E-state index in [1.165, 1.54) is 44.0 Å². The van der Waals surface area contributed by atoms with Crippen molar-refractivity contribution < 1.29 is 74.9 Å². The number of rotatable bonds is 15. The summed E-state index contributed by atoms with van der Waals surface area (Å²) in [6.07, 6.45) is -17.1. The van der Waals surface area contributed by atoms with Crippen LogP contribution in [0.4, 0.5) is 52.7 Å². The van der Waals surface area contributed by atoms with Gasteiger partial charge in [-0.2, -0.15) is 61.1 Å². The molecule has 4 aromatic carbocycles. The highest BCUT2D eigenvalue weighted by atomic mass is 32.2. The molecule has 484 valence electrons. The van der Waals surface area contributed by atoms with Gasteiger partial charge in [-0.15, -0.1) is 0 Å². The van der Waals surface area contributed by atoms with Gasteiger partial charge in [0, 0.05) is 109 Å². The first kappa shape index (κ1) is 72.8. The first-order valence-electron chi connectivity index (χ1n) is 27.6. The van der Waals surface area contributed by atoms with Crippen LogP contribution in [0.5, 0.6) is 0 Å². The molecule has 2 aliphatic rings. The third-order valence-corrected chi connectivity index (χ3v) is 15.1. The molecule has 0 aromatic heterocycles. The van der Waals surface area contributed by atoms with Crippen LogP contribution < -0.4 is 5.32 Å². The lowest BCUT2D eigenvalue weighted by Gasteiger charge is -2.42. The average molecular weight is 1270 g/mol. The van der Waals surface area contributed by atoms with Gasteiger partial charge in [-0.05, 0) is 110 Å². The number of likely N-dealkylation sites (N-methyl/N-ethyl adjacent to an activating group) is 2. The summed E-state index contributed by atoms with van der Waals surface area (Å²) in [6, 6.07) is 19.8. The smallest absolute Gasteiger partial charge is 0.349 e. The van der Waals surface area contributed by atoms with Crippen LogP contribution in [0, 0.1) is 0 Å². The molecule has 2 saturated heterocycles. The molecule has 15 nitrogen and oxygen atoms in total. The van der Waals surface area contributed by atoms with Gasteiger partial charge in [-0.3, -0.25) is 28.7 Å². The Labute approximate surface area is 501 Å². The number of halogens is 12. The van der Waals surface area contributed by atoms with Crippen LogP contribution in [0.15, 0.2) is 107 Å². The molecule has 0 aliphatic carbocycles. The van der Waals surface area contributed by atoms with Gasteiger partial charge in [-0.25, -0.2) is 0 Å². The van der Waals surface area contributed by atoms with Gasteiger partial charge in [0.25, 0.3) is 16.0 Å². The fourth-order valence-electron chi connectivity index (χ4n) is 10.1. The summed E-state index contributed by atoms with van der Waals surface area (Å²) in [5, 5.41) is 3.38. The second-order valence-electron chi connectivity index (χ2n) is 21.6. The highest BCUT2D eigenvalue weighted by Crippen LogP contribution is 2.39. The SMILES string of the molecule is CN(CCc1cc(C(F)(F)F)cc(C(F)(F)F)c1)C(=O)[C@H](OS(C)(=O)=O)c1ccccc1.CN=C(N(C)C)N(C)C1CCN([C@H](C(=O)N(C)CCc2cc(C(F)(F)F)cc(C(F)(F)F)c2)c2ccccc2)CC1.CN=C(N(C)C)N(C)C1CCNCC1.